The third kappa shape index (κ3) is 11.6. The number of halogens is 3. The van der Waals surface area contributed by atoms with E-state index in [4.69, 9.17) is 18.9 Å². The van der Waals surface area contributed by atoms with E-state index in [2.05, 4.69) is 18.8 Å². The van der Waals surface area contributed by atoms with Gasteiger partial charge in [-0.15, -0.1) is 0 Å². The Kier molecular flexibility index (Phi) is 14.0. The number of fused-ring (bicyclic) bond motifs is 1. The molecule has 42 heavy (non-hydrogen) atoms. The first-order valence-corrected chi connectivity index (χ1v) is 15.0. The molecule has 0 fully saturated rings. The van der Waals surface area contributed by atoms with E-state index in [-0.39, 0.29) is 13.2 Å². The Morgan fingerprint density at radius 2 is 1.64 bits per heavy atom. The molecule has 0 spiro atoms. The van der Waals surface area contributed by atoms with Gasteiger partial charge >= 0.3 is 12.1 Å². The molecule has 0 bridgehead atoms. The maximum Gasteiger partial charge on any atom is 0.425 e. The minimum Gasteiger partial charge on any atom is -0.494 e. The van der Waals surface area contributed by atoms with Crippen LogP contribution < -0.4 is 9.47 Å². The Labute approximate surface area is 248 Å². The average Bonchev–Trinajstić information content (AvgIpc) is 2.98. The molecular formula is C34H43F3O5. The Hall–Kier alpha value is -3.18. The molecule has 0 aromatic heterocycles. The summed E-state index contributed by atoms with van der Waals surface area (Å²) in [6.07, 6.45) is 2.88. The highest BCUT2D eigenvalue weighted by Crippen LogP contribution is 2.32. The maximum absolute atomic E-state index is 13.2. The van der Waals surface area contributed by atoms with Crippen LogP contribution >= 0.6 is 0 Å². The van der Waals surface area contributed by atoms with Crippen LogP contribution in [-0.4, -0.2) is 45.2 Å². The molecule has 0 heterocycles. The number of carbonyl (C=O) groups is 1. The summed E-state index contributed by atoms with van der Waals surface area (Å²) in [5, 5.41) is 0. The summed E-state index contributed by atoms with van der Waals surface area (Å²) in [5.74, 6) is 6.19. The molecule has 8 heteroatoms. The number of hydrogen-bond acceptors (Lipinski definition) is 5. The number of ether oxygens (including phenoxy) is 4. The molecule has 0 saturated carbocycles. The van der Waals surface area contributed by atoms with Gasteiger partial charge in [-0.2, -0.15) is 13.2 Å². The van der Waals surface area contributed by atoms with E-state index in [0.717, 1.165) is 35.5 Å². The van der Waals surface area contributed by atoms with Crippen molar-refractivity contribution in [2.45, 2.75) is 89.8 Å². The Bertz CT molecular complexity index is 1150. The number of unbranched alkanes of at least 4 members (excludes halogenated alkanes) is 6. The topological polar surface area (TPSA) is 54.0 Å². The number of rotatable bonds is 16. The van der Waals surface area contributed by atoms with E-state index in [1.54, 1.807) is 6.07 Å². The van der Waals surface area contributed by atoms with Crippen molar-refractivity contribution < 1.29 is 36.9 Å². The fourth-order valence-corrected chi connectivity index (χ4v) is 4.91. The van der Waals surface area contributed by atoms with Gasteiger partial charge in [0, 0.05) is 19.1 Å². The summed E-state index contributed by atoms with van der Waals surface area (Å²) in [6.45, 7) is 3.03. The molecule has 230 valence electrons. The van der Waals surface area contributed by atoms with Gasteiger partial charge in [0.2, 0.25) is 0 Å². The summed E-state index contributed by atoms with van der Waals surface area (Å²) in [7, 11) is 1.31. The normalized spacial score (nSPS) is 15.2. The molecule has 0 N–H and O–H groups in total. The third-order valence-electron chi connectivity index (χ3n) is 7.36. The van der Waals surface area contributed by atoms with Crippen molar-refractivity contribution >= 4 is 5.97 Å². The second-order valence-corrected chi connectivity index (χ2v) is 10.7. The number of esters is 1. The van der Waals surface area contributed by atoms with E-state index >= 15 is 0 Å². The molecule has 0 amide bonds. The molecule has 5 nitrogen and oxygen atoms in total. The number of benzene rings is 2. The largest absolute Gasteiger partial charge is 0.494 e. The van der Waals surface area contributed by atoms with E-state index in [0.29, 0.717) is 25.0 Å². The zero-order valence-electron chi connectivity index (χ0n) is 24.8. The molecule has 1 aliphatic carbocycles. The van der Waals surface area contributed by atoms with E-state index in [9.17, 15) is 18.0 Å². The van der Waals surface area contributed by atoms with Crippen molar-refractivity contribution in [3.05, 3.63) is 59.2 Å². The van der Waals surface area contributed by atoms with Gasteiger partial charge in [0.05, 0.1) is 19.1 Å². The van der Waals surface area contributed by atoms with Crippen molar-refractivity contribution in [2.75, 3.05) is 26.9 Å². The summed E-state index contributed by atoms with van der Waals surface area (Å²) in [5.41, 5.74) is 2.81. The fourth-order valence-electron chi connectivity index (χ4n) is 4.91. The van der Waals surface area contributed by atoms with Crippen LogP contribution in [0, 0.1) is 17.8 Å². The minimum atomic E-state index is -4.62. The van der Waals surface area contributed by atoms with Gasteiger partial charge in [-0.25, -0.2) is 0 Å². The highest BCUT2D eigenvalue weighted by molar-refractivity contribution is 5.73. The van der Waals surface area contributed by atoms with Crippen LogP contribution in [0.1, 0.15) is 81.4 Å². The molecule has 2 aromatic carbocycles. The number of alkyl halides is 3. The number of carbonyl (C=O) groups excluding carboxylic acids is 1. The van der Waals surface area contributed by atoms with Crippen molar-refractivity contribution in [1.82, 2.24) is 0 Å². The summed E-state index contributed by atoms with van der Waals surface area (Å²) in [6, 6.07) is 13.3. The van der Waals surface area contributed by atoms with Crippen LogP contribution in [0.4, 0.5) is 13.2 Å². The van der Waals surface area contributed by atoms with Gasteiger partial charge in [0.1, 0.15) is 18.1 Å². The van der Waals surface area contributed by atoms with Gasteiger partial charge in [-0.1, -0.05) is 63.4 Å². The third-order valence-corrected chi connectivity index (χ3v) is 7.36. The second kappa shape index (κ2) is 17.7. The lowest BCUT2D eigenvalue weighted by Crippen LogP contribution is -2.37. The first kappa shape index (κ1) is 33.3. The summed E-state index contributed by atoms with van der Waals surface area (Å²) in [4.78, 5) is 12.5. The van der Waals surface area contributed by atoms with Gasteiger partial charge < -0.3 is 18.9 Å². The lowest BCUT2D eigenvalue weighted by Gasteiger charge is -2.27. The van der Waals surface area contributed by atoms with E-state index in [1.165, 1.54) is 45.6 Å². The molecular weight excluding hydrogens is 545 g/mol. The monoisotopic (exact) mass is 588 g/mol. The van der Waals surface area contributed by atoms with Crippen LogP contribution in [0.15, 0.2) is 42.5 Å². The SMILES string of the molecule is CCCCCCCCCOc1ccc(C#CCOc2ccc3c(c2)CCC(C(=O)O[C@H](CCOC)C(F)(F)F)C3)cc1. The lowest BCUT2D eigenvalue weighted by atomic mass is 9.84. The van der Waals surface area contributed by atoms with Crippen molar-refractivity contribution in [3.63, 3.8) is 0 Å². The zero-order chi connectivity index (χ0) is 30.2. The minimum absolute atomic E-state index is 0.140. The van der Waals surface area contributed by atoms with Crippen molar-refractivity contribution in [1.29, 1.82) is 0 Å². The molecule has 3 rings (SSSR count). The highest BCUT2D eigenvalue weighted by Gasteiger charge is 2.43. The maximum atomic E-state index is 13.2. The summed E-state index contributed by atoms with van der Waals surface area (Å²) < 4.78 is 60.9. The molecule has 0 aliphatic heterocycles. The van der Waals surface area contributed by atoms with Gasteiger partial charge in [-0.3, -0.25) is 4.79 Å². The first-order chi connectivity index (χ1) is 20.3. The fraction of sp³-hybridized carbons (Fsp3) is 0.559. The highest BCUT2D eigenvalue weighted by atomic mass is 19.4. The Morgan fingerprint density at radius 1 is 0.929 bits per heavy atom. The van der Waals surface area contributed by atoms with Gasteiger partial charge in [0.15, 0.2) is 6.10 Å². The van der Waals surface area contributed by atoms with E-state index in [1.807, 2.05) is 36.4 Å². The molecule has 2 aromatic rings. The molecule has 0 radical (unpaired) electrons. The molecule has 1 aliphatic rings. The quantitative estimate of drug-likeness (QED) is 0.114. The zero-order valence-corrected chi connectivity index (χ0v) is 24.8. The Balaban J connectivity index is 1.40. The van der Waals surface area contributed by atoms with Crippen LogP contribution in [0.3, 0.4) is 0 Å². The van der Waals surface area contributed by atoms with Crippen molar-refractivity contribution in [2.24, 2.45) is 5.92 Å². The van der Waals surface area contributed by atoms with Crippen LogP contribution in [0.25, 0.3) is 0 Å². The first-order valence-electron chi connectivity index (χ1n) is 15.0. The Morgan fingerprint density at radius 3 is 2.36 bits per heavy atom. The number of hydrogen-bond donors (Lipinski definition) is 0. The van der Waals surface area contributed by atoms with E-state index < -0.39 is 30.6 Å². The molecule has 1 unspecified atom stereocenters. The number of methoxy groups -OCH3 is 1. The van der Waals surface area contributed by atoms with Crippen LogP contribution in [-0.2, 0) is 27.1 Å². The lowest BCUT2D eigenvalue weighted by molar-refractivity contribution is -0.226. The average molecular weight is 589 g/mol. The van der Waals surface area contributed by atoms with Gasteiger partial charge in [0.25, 0.3) is 0 Å². The van der Waals surface area contributed by atoms with Crippen LogP contribution in [0.2, 0.25) is 0 Å². The molecule has 2 atom stereocenters. The standard InChI is InChI=1S/C34H43F3O5/c1-3-4-5-6-7-8-9-21-40-30-17-12-26(13-18-30)11-10-22-41-31-19-16-27-24-29(15-14-28(27)25-31)33(38)42-32(20-23-39-2)34(35,36)37/h12-13,16-19,25,29,32H,3-9,14-15,20-24H2,1-2H3/t29?,32-/m1/s1. The van der Waals surface area contributed by atoms with Gasteiger partial charge in [-0.05, 0) is 73.2 Å². The number of aryl methyl sites for hydroxylation is 1. The second-order valence-electron chi connectivity index (χ2n) is 10.7. The smallest absolute Gasteiger partial charge is 0.425 e. The van der Waals surface area contributed by atoms with Crippen molar-refractivity contribution in [3.8, 4) is 23.3 Å². The van der Waals surface area contributed by atoms with Crippen LogP contribution in [0.5, 0.6) is 11.5 Å². The summed E-state index contributed by atoms with van der Waals surface area (Å²) >= 11 is 0. The predicted octanol–water partition coefficient (Wildman–Crippen LogP) is 7.86. The molecule has 0 saturated heterocycles. The predicted molar refractivity (Wildman–Crippen MR) is 157 cm³/mol.